The number of aromatic nitrogens is 5. The topological polar surface area (TPSA) is 59.4 Å². The summed E-state index contributed by atoms with van der Waals surface area (Å²) in [6.07, 6.45) is 1.78. The van der Waals surface area contributed by atoms with Crippen LogP contribution in [0.15, 0.2) is 66.9 Å². The third-order valence-corrected chi connectivity index (χ3v) is 4.41. The Bertz CT molecular complexity index is 1220. The van der Waals surface area contributed by atoms with Gasteiger partial charge in [0.2, 0.25) is 0 Å². The van der Waals surface area contributed by atoms with Gasteiger partial charge in [0.25, 0.3) is 0 Å². The van der Waals surface area contributed by atoms with Crippen LogP contribution in [-0.4, -0.2) is 24.7 Å². The Labute approximate surface area is 148 Å². The third-order valence-electron chi connectivity index (χ3n) is 4.41. The van der Waals surface area contributed by atoms with E-state index in [1.165, 1.54) is 0 Å². The molecule has 0 radical (unpaired) electrons. The van der Waals surface area contributed by atoms with E-state index in [1.807, 2.05) is 59.2 Å². The number of alkyl halides is 1. The highest BCUT2D eigenvalue weighted by Crippen LogP contribution is 2.29. The molecule has 2 aromatic carbocycles. The maximum atomic E-state index is 13.2. The number of imidazole rings is 1. The fourth-order valence-electron chi connectivity index (χ4n) is 3.17. The zero-order valence-corrected chi connectivity index (χ0v) is 13.7. The van der Waals surface area contributed by atoms with Gasteiger partial charge in [-0.05, 0) is 30.3 Å². The largest absolute Gasteiger partial charge is 0.278 e. The minimum absolute atomic E-state index is 0.391. The van der Waals surface area contributed by atoms with Gasteiger partial charge in [-0.3, -0.25) is 9.67 Å². The normalized spacial score (nSPS) is 11.4. The second-order valence-electron chi connectivity index (χ2n) is 6.06. The van der Waals surface area contributed by atoms with E-state index in [0.29, 0.717) is 11.3 Å². The summed E-state index contributed by atoms with van der Waals surface area (Å²) in [5.41, 5.74) is 4.60. The molecule has 0 atom stereocenters. The molecule has 0 spiro atoms. The van der Waals surface area contributed by atoms with Crippen molar-refractivity contribution in [3.8, 4) is 17.1 Å². The lowest BCUT2D eigenvalue weighted by atomic mass is 10.2. The van der Waals surface area contributed by atoms with Crippen LogP contribution in [0.3, 0.4) is 0 Å². The Morgan fingerprint density at radius 3 is 2.69 bits per heavy atom. The molecule has 5 aromatic rings. The van der Waals surface area contributed by atoms with Gasteiger partial charge in [-0.1, -0.05) is 30.3 Å². The maximum Gasteiger partial charge on any atom is 0.165 e. The first-order valence-corrected chi connectivity index (χ1v) is 8.27. The smallest absolute Gasteiger partial charge is 0.165 e. The maximum absolute atomic E-state index is 13.2. The highest BCUT2D eigenvalue weighted by Gasteiger charge is 2.16. The number of halogens is 1. The summed E-state index contributed by atoms with van der Waals surface area (Å²) in [5, 5.41) is 8.02. The van der Waals surface area contributed by atoms with Gasteiger partial charge < -0.3 is 0 Å². The predicted octanol–water partition coefficient (Wildman–Crippen LogP) is 4.43. The van der Waals surface area contributed by atoms with Crippen molar-refractivity contribution >= 4 is 22.1 Å². The van der Waals surface area contributed by atoms with Crippen molar-refractivity contribution in [3.05, 3.63) is 72.6 Å². The Kier molecular flexibility index (Phi) is 3.28. The Morgan fingerprint density at radius 2 is 1.85 bits per heavy atom. The lowest BCUT2D eigenvalue weighted by molar-refractivity contribution is 0.477. The molecule has 0 aliphatic rings. The van der Waals surface area contributed by atoms with E-state index in [4.69, 9.17) is 4.98 Å². The first-order chi connectivity index (χ1) is 12.8. The molecule has 5 nitrogen and oxygen atoms in total. The first kappa shape index (κ1) is 14.8. The van der Waals surface area contributed by atoms with Crippen LogP contribution in [-0.2, 0) is 6.67 Å². The monoisotopic (exact) mass is 343 g/mol. The average molecular weight is 343 g/mol. The molecular formula is C20H14FN5. The summed E-state index contributed by atoms with van der Waals surface area (Å²) >= 11 is 0. The summed E-state index contributed by atoms with van der Waals surface area (Å²) in [7, 11) is 0. The highest BCUT2D eigenvalue weighted by molar-refractivity contribution is 5.84. The lowest BCUT2D eigenvalue weighted by Gasteiger charge is -2.09. The van der Waals surface area contributed by atoms with Crippen molar-refractivity contribution in [3.63, 3.8) is 0 Å². The number of benzene rings is 2. The number of H-pyrrole nitrogens is 1. The summed E-state index contributed by atoms with van der Waals surface area (Å²) < 4.78 is 15.1. The number of pyridine rings is 1. The van der Waals surface area contributed by atoms with Crippen molar-refractivity contribution in [2.75, 3.05) is 0 Å². The lowest BCUT2D eigenvalue weighted by Crippen LogP contribution is -1.99. The standard InChI is InChI=1S/C20H14FN5/c21-11-15-6-8-18-20(23-15)26(19(24-18)13-4-2-1-3-5-13)16-7-9-17-14(10-16)12-22-25-17/h1-10,12H,11H2,(H,22,25). The number of hydrogen-bond donors (Lipinski definition) is 1. The van der Waals surface area contributed by atoms with Crippen molar-refractivity contribution < 1.29 is 4.39 Å². The zero-order valence-electron chi connectivity index (χ0n) is 13.7. The Hall–Kier alpha value is -3.54. The molecule has 5 rings (SSSR count). The van der Waals surface area contributed by atoms with Gasteiger partial charge in [0.1, 0.15) is 18.0 Å². The molecule has 26 heavy (non-hydrogen) atoms. The molecule has 0 bridgehead atoms. The van der Waals surface area contributed by atoms with Crippen LogP contribution in [0.25, 0.3) is 39.1 Å². The molecule has 0 saturated heterocycles. The summed E-state index contributed by atoms with van der Waals surface area (Å²) in [5.74, 6) is 0.770. The average Bonchev–Trinajstić information content (AvgIpc) is 3.31. The van der Waals surface area contributed by atoms with E-state index in [0.717, 1.165) is 33.5 Å². The molecule has 1 N–H and O–H groups in total. The molecular weight excluding hydrogens is 329 g/mol. The van der Waals surface area contributed by atoms with Crippen LogP contribution >= 0.6 is 0 Å². The summed E-state index contributed by atoms with van der Waals surface area (Å²) in [6, 6.07) is 19.4. The molecule has 0 fully saturated rings. The first-order valence-electron chi connectivity index (χ1n) is 8.27. The van der Waals surface area contributed by atoms with E-state index in [-0.39, 0.29) is 0 Å². The predicted molar refractivity (Wildman–Crippen MR) is 98.8 cm³/mol. The van der Waals surface area contributed by atoms with Gasteiger partial charge >= 0.3 is 0 Å². The second kappa shape index (κ2) is 5.77. The van der Waals surface area contributed by atoms with E-state index in [9.17, 15) is 4.39 Å². The van der Waals surface area contributed by atoms with E-state index < -0.39 is 6.67 Å². The van der Waals surface area contributed by atoms with Gasteiger partial charge in [-0.25, -0.2) is 14.4 Å². The van der Waals surface area contributed by atoms with Crippen LogP contribution < -0.4 is 0 Å². The van der Waals surface area contributed by atoms with Crippen molar-refractivity contribution in [1.29, 1.82) is 0 Å². The summed E-state index contributed by atoms with van der Waals surface area (Å²) in [4.78, 5) is 9.24. The number of hydrogen-bond acceptors (Lipinski definition) is 3. The Morgan fingerprint density at radius 1 is 0.962 bits per heavy atom. The SMILES string of the molecule is FCc1ccc2nc(-c3ccccc3)n(-c3ccc4[nH]ncc4c3)c2n1. The molecule has 3 aromatic heterocycles. The number of rotatable bonds is 3. The quantitative estimate of drug-likeness (QED) is 0.527. The molecule has 0 saturated carbocycles. The molecule has 0 aliphatic carbocycles. The van der Waals surface area contributed by atoms with E-state index in [2.05, 4.69) is 15.2 Å². The molecule has 126 valence electrons. The second-order valence-corrected chi connectivity index (χ2v) is 6.06. The van der Waals surface area contributed by atoms with Crippen LogP contribution in [0, 0.1) is 0 Å². The van der Waals surface area contributed by atoms with E-state index in [1.54, 1.807) is 12.3 Å². The number of nitrogens with zero attached hydrogens (tertiary/aromatic N) is 4. The van der Waals surface area contributed by atoms with Gasteiger partial charge in [0.15, 0.2) is 5.65 Å². The van der Waals surface area contributed by atoms with Crippen LogP contribution in [0.4, 0.5) is 4.39 Å². The summed E-state index contributed by atoms with van der Waals surface area (Å²) in [6.45, 7) is -0.609. The van der Waals surface area contributed by atoms with Crippen LogP contribution in [0.2, 0.25) is 0 Å². The van der Waals surface area contributed by atoms with Crippen molar-refractivity contribution in [2.24, 2.45) is 0 Å². The van der Waals surface area contributed by atoms with Gasteiger partial charge in [-0.2, -0.15) is 5.10 Å². The number of aromatic amines is 1. The minimum atomic E-state index is -0.609. The van der Waals surface area contributed by atoms with E-state index >= 15 is 0 Å². The Balaban J connectivity index is 1.85. The molecule has 6 heteroatoms. The third kappa shape index (κ3) is 2.27. The fourth-order valence-corrected chi connectivity index (χ4v) is 3.17. The fraction of sp³-hybridized carbons (Fsp3) is 0.0500. The molecule has 0 aliphatic heterocycles. The van der Waals surface area contributed by atoms with Crippen LogP contribution in [0.1, 0.15) is 5.69 Å². The number of fused-ring (bicyclic) bond motifs is 2. The minimum Gasteiger partial charge on any atom is -0.278 e. The van der Waals surface area contributed by atoms with Crippen molar-refractivity contribution in [2.45, 2.75) is 6.67 Å². The molecule has 3 heterocycles. The molecule has 0 amide bonds. The van der Waals surface area contributed by atoms with Gasteiger partial charge in [0.05, 0.1) is 17.4 Å². The van der Waals surface area contributed by atoms with Gasteiger partial charge in [-0.15, -0.1) is 0 Å². The van der Waals surface area contributed by atoms with Crippen molar-refractivity contribution in [1.82, 2.24) is 24.7 Å². The molecule has 0 unspecified atom stereocenters. The van der Waals surface area contributed by atoms with Gasteiger partial charge in [0, 0.05) is 16.6 Å². The van der Waals surface area contributed by atoms with Crippen LogP contribution in [0.5, 0.6) is 0 Å². The zero-order chi connectivity index (χ0) is 17.5. The highest BCUT2D eigenvalue weighted by atomic mass is 19.1. The number of nitrogens with one attached hydrogen (secondary N) is 1.